The molecular formula is C11H6Cl2F3NO. The fourth-order valence-electron chi connectivity index (χ4n) is 1.63. The van der Waals surface area contributed by atoms with E-state index in [1.165, 1.54) is 6.07 Å². The maximum atomic E-state index is 12.6. The molecule has 0 saturated carbocycles. The Morgan fingerprint density at radius 3 is 2.39 bits per heavy atom. The van der Waals surface area contributed by atoms with Crippen LogP contribution in [0.15, 0.2) is 16.9 Å². The van der Waals surface area contributed by atoms with Gasteiger partial charge >= 0.3 is 6.18 Å². The average Bonchev–Trinajstić information content (AvgIpc) is 2.24. The molecule has 0 spiro atoms. The lowest BCUT2D eigenvalue weighted by atomic mass is 10.1. The summed E-state index contributed by atoms with van der Waals surface area (Å²) in [5, 5.41) is 0.0918. The number of nitrogens with one attached hydrogen (secondary N) is 1. The number of aromatic nitrogens is 1. The summed E-state index contributed by atoms with van der Waals surface area (Å²) in [5.74, 6) is 0. The molecule has 1 heterocycles. The number of fused-ring (bicyclic) bond motifs is 1. The monoisotopic (exact) mass is 295 g/mol. The fourth-order valence-corrected chi connectivity index (χ4v) is 2.18. The van der Waals surface area contributed by atoms with Gasteiger partial charge in [0.25, 0.3) is 0 Å². The minimum atomic E-state index is -4.64. The first-order valence-corrected chi connectivity index (χ1v) is 5.56. The zero-order valence-electron chi connectivity index (χ0n) is 8.95. The molecule has 0 aliphatic heterocycles. The Balaban J connectivity index is 2.96. The zero-order chi connectivity index (χ0) is 13.7. The fraction of sp³-hybridized carbons (Fsp3) is 0.182. The minimum absolute atomic E-state index is 0.0232. The molecule has 18 heavy (non-hydrogen) atoms. The molecule has 0 saturated heterocycles. The smallest absolute Gasteiger partial charge is 0.350 e. The number of benzene rings is 1. The Hall–Kier alpha value is -1.20. The van der Waals surface area contributed by atoms with Crippen LogP contribution in [0.25, 0.3) is 10.9 Å². The van der Waals surface area contributed by atoms with Crippen molar-refractivity contribution in [2.45, 2.75) is 13.1 Å². The molecule has 2 nitrogen and oxygen atoms in total. The van der Waals surface area contributed by atoms with Crippen LogP contribution >= 0.6 is 23.2 Å². The Kier molecular flexibility index (Phi) is 3.07. The van der Waals surface area contributed by atoms with E-state index in [-0.39, 0.29) is 20.9 Å². The Bertz CT molecular complexity index is 691. The second-order valence-corrected chi connectivity index (χ2v) is 4.57. The Labute approximate surface area is 109 Å². The molecule has 0 atom stereocenters. The van der Waals surface area contributed by atoms with Crippen LogP contribution < -0.4 is 5.43 Å². The van der Waals surface area contributed by atoms with Crippen LogP contribution in [0.2, 0.25) is 10.0 Å². The van der Waals surface area contributed by atoms with E-state index in [1.807, 2.05) is 0 Å². The van der Waals surface area contributed by atoms with Crippen molar-refractivity contribution < 1.29 is 13.2 Å². The van der Waals surface area contributed by atoms with Gasteiger partial charge in [-0.25, -0.2) is 0 Å². The summed E-state index contributed by atoms with van der Waals surface area (Å²) >= 11 is 11.7. The van der Waals surface area contributed by atoms with Gasteiger partial charge in [0.05, 0.1) is 20.9 Å². The lowest BCUT2D eigenvalue weighted by molar-refractivity contribution is -0.141. The van der Waals surface area contributed by atoms with Crippen molar-refractivity contribution in [1.29, 1.82) is 0 Å². The molecule has 2 aromatic rings. The number of rotatable bonds is 0. The SMILES string of the molecule is Cc1cc(Cl)c2[nH]c(C(F)(F)F)cc(=O)c2c1Cl. The topological polar surface area (TPSA) is 32.9 Å². The molecule has 0 aliphatic carbocycles. The molecule has 0 amide bonds. The van der Waals surface area contributed by atoms with Crippen molar-refractivity contribution in [2.24, 2.45) is 0 Å². The van der Waals surface area contributed by atoms with Crippen LogP contribution in [0.3, 0.4) is 0 Å². The van der Waals surface area contributed by atoms with Gasteiger partial charge in [0.2, 0.25) is 0 Å². The van der Waals surface area contributed by atoms with Crippen molar-refractivity contribution >= 4 is 34.1 Å². The molecule has 0 unspecified atom stereocenters. The maximum absolute atomic E-state index is 12.6. The number of hydrogen-bond acceptors (Lipinski definition) is 1. The first-order chi connectivity index (χ1) is 8.21. The highest BCUT2D eigenvalue weighted by atomic mass is 35.5. The highest BCUT2D eigenvalue weighted by Crippen LogP contribution is 2.33. The van der Waals surface area contributed by atoms with E-state index in [1.54, 1.807) is 6.92 Å². The summed E-state index contributed by atoms with van der Waals surface area (Å²) in [6.45, 7) is 1.62. The third kappa shape index (κ3) is 2.08. The Morgan fingerprint density at radius 1 is 1.22 bits per heavy atom. The van der Waals surface area contributed by atoms with Gasteiger partial charge in [-0.05, 0) is 18.6 Å². The highest BCUT2D eigenvalue weighted by molar-refractivity contribution is 6.40. The summed E-state index contributed by atoms with van der Waals surface area (Å²) in [5.41, 5.74) is -1.54. The molecule has 0 bridgehead atoms. The van der Waals surface area contributed by atoms with Crippen LogP contribution in [-0.2, 0) is 6.18 Å². The van der Waals surface area contributed by atoms with Crippen molar-refractivity contribution in [1.82, 2.24) is 4.98 Å². The predicted molar refractivity (Wildman–Crippen MR) is 64.3 cm³/mol. The third-order valence-electron chi connectivity index (χ3n) is 2.48. The van der Waals surface area contributed by atoms with E-state index >= 15 is 0 Å². The highest BCUT2D eigenvalue weighted by Gasteiger charge is 2.32. The van der Waals surface area contributed by atoms with E-state index in [2.05, 4.69) is 4.98 Å². The standard InChI is InChI=1S/C11H6Cl2F3NO/c1-4-2-5(12)10-8(9(4)13)6(18)3-7(17-10)11(14,15)16/h2-3H,1H3,(H,17,18). The largest absolute Gasteiger partial charge is 0.431 e. The number of halogens is 5. The van der Waals surface area contributed by atoms with Gasteiger partial charge in [-0.2, -0.15) is 13.2 Å². The normalized spacial score (nSPS) is 12.1. The lowest BCUT2D eigenvalue weighted by Gasteiger charge is -2.10. The Morgan fingerprint density at radius 2 is 1.83 bits per heavy atom. The van der Waals surface area contributed by atoms with E-state index in [4.69, 9.17) is 23.2 Å². The van der Waals surface area contributed by atoms with Crippen LogP contribution in [-0.4, -0.2) is 4.98 Å². The summed E-state index contributed by atoms with van der Waals surface area (Å²) < 4.78 is 37.7. The summed E-state index contributed by atoms with van der Waals surface area (Å²) in [4.78, 5) is 13.8. The van der Waals surface area contributed by atoms with Crippen LogP contribution in [0.4, 0.5) is 13.2 Å². The van der Waals surface area contributed by atoms with Gasteiger partial charge in [-0.3, -0.25) is 4.79 Å². The quantitative estimate of drug-likeness (QED) is 0.778. The first kappa shape index (κ1) is 13.2. The number of pyridine rings is 1. The van der Waals surface area contributed by atoms with Gasteiger partial charge in [-0.1, -0.05) is 23.2 Å². The van der Waals surface area contributed by atoms with Crippen molar-refractivity contribution in [3.05, 3.63) is 43.7 Å². The van der Waals surface area contributed by atoms with Gasteiger partial charge < -0.3 is 4.98 Å². The molecule has 1 aromatic carbocycles. The van der Waals surface area contributed by atoms with Gasteiger partial charge in [-0.15, -0.1) is 0 Å². The van der Waals surface area contributed by atoms with Crippen molar-refractivity contribution in [3.8, 4) is 0 Å². The zero-order valence-corrected chi connectivity index (χ0v) is 10.5. The average molecular weight is 296 g/mol. The second-order valence-electron chi connectivity index (χ2n) is 3.78. The molecule has 7 heteroatoms. The molecule has 1 N–H and O–H groups in total. The molecule has 2 rings (SSSR count). The van der Waals surface area contributed by atoms with Crippen LogP contribution in [0, 0.1) is 6.92 Å². The second kappa shape index (κ2) is 4.17. The number of hydrogen-bond donors (Lipinski definition) is 1. The number of aromatic amines is 1. The third-order valence-corrected chi connectivity index (χ3v) is 3.27. The minimum Gasteiger partial charge on any atom is -0.350 e. The first-order valence-electron chi connectivity index (χ1n) is 4.80. The van der Waals surface area contributed by atoms with Crippen molar-refractivity contribution in [2.75, 3.05) is 0 Å². The molecular weight excluding hydrogens is 290 g/mol. The summed E-state index contributed by atoms with van der Waals surface area (Å²) in [6.07, 6.45) is -4.64. The van der Waals surface area contributed by atoms with E-state index in [0.29, 0.717) is 11.6 Å². The van der Waals surface area contributed by atoms with E-state index in [9.17, 15) is 18.0 Å². The molecule has 0 radical (unpaired) electrons. The van der Waals surface area contributed by atoms with Gasteiger partial charge in [0.1, 0.15) is 5.69 Å². The van der Waals surface area contributed by atoms with Crippen molar-refractivity contribution in [3.63, 3.8) is 0 Å². The van der Waals surface area contributed by atoms with E-state index in [0.717, 1.165) is 0 Å². The summed E-state index contributed by atoms with van der Waals surface area (Å²) in [6, 6.07) is 1.88. The maximum Gasteiger partial charge on any atom is 0.431 e. The van der Waals surface area contributed by atoms with Crippen LogP contribution in [0.1, 0.15) is 11.3 Å². The molecule has 96 valence electrons. The number of alkyl halides is 3. The number of H-pyrrole nitrogens is 1. The number of aryl methyl sites for hydroxylation is 1. The van der Waals surface area contributed by atoms with E-state index < -0.39 is 17.3 Å². The molecule has 0 fully saturated rings. The predicted octanol–water partition coefficient (Wildman–Crippen LogP) is 4.16. The molecule has 0 aliphatic rings. The van der Waals surface area contributed by atoms with Gasteiger partial charge in [0.15, 0.2) is 5.43 Å². The summed E-state index contributed by atoms with van der Waals surface area (Å²) in [7, 11) is 0. The van der Waals surface area contributed by atoms with Gasteiger partial charge in [0, 0.05) is 6.07 Å². The molecule has 1 aromatic heterocycles. The lowest BCUT2D eigenvalue weighted by Crippen LogP contribution is -2.14. The van der Waals surface area contributed by atoms with Crippen LogP contribution in [0.5, 0.6) is 0 Å².